The fourth-order valence-corrected chi connectivity index (χ4v) is 14.9. The van der Waals surface area contributed by atoms with Crippen LogP contribution in [0.5, 0.6) is 5.75 Å². The maximum Gasteiger partial charge on any atom is 0.269 e. The molecule has 3 aliphatic heterocycles. The molecule has 65 heavy (non-hydrogen) atoms. The summed E-state index contributed by atoms with van der Waals surface area (Å²) in [7, 11) is -0.925. The highest BCUT2D eigenvalue weighted by atomic mass is 28.3. The van der Waals surface area contributed by atoms with E-state index in [1.165, 1.54) is 12.1 Å². The highest BCUT2D eigenvalue weighted by Gasteiger charge is 2.66. The number of hydrogen-bond acceptors (Lipinski definition) is 9. The molecule has 0 saturated carbocycles. The Hall–Kier alpha value is -7.00. The number of fused-ring (bicyclic) bond motifs is 2. The van der Waals surface area contributed by atoms with E-state index in [-0.39, 0.29) is 42.1 Å². The molecule has 10 rings (SSSR count). The van der Waals surface area contributed by atoms with E-state index < -0.39 is 30.6 Å². The molecule has 1 fully saturated rings. The van der Waals surface area contributed by atoms with Crippen LogP contribution in [0.1, 0.15) is 52.0 Å². The van der Waals surface area contributed by atoms with Crippen LogP contribution in [0.4, 0.5) is 22.7 Å². The lowest BCUT2D eigenvalue weighted by molar-refractivity contribution is -0.385. The second-order valence-electron chi connectivity index (χ2n) is 17.8. The summed E-state index contributed by atoms with van der Waals surface area (Å²) in [5.74, 6) is -0.428. The minimum Gasteiger partial charge on any atom is -0.497 e. The van der Waals surface area contributed by atoms with Crippen LogP contribution in [-0.4, -0.2) is 64.7 Å². The third kappa shape index (κ3) is 6.82. The summed E-state index contributed by atoms with van der Waals surface area (Å²) < 4.78 is 14.6. The maximum atomic E-state index is 15.6. The van der Waals surface area contributed by atoms with Crippen molar-refractivity contribution in [2.24, 2.45) is 5.92 Å². The molecular formula is C51H48N6O7Si. The molecule has 14 heteroatoms. The number of benzene rings is 6. The molecule has 1 N–H and O–H groups in total. The number of amides is 2. The largest absolute Gasteiger partial charge is 0.497 e. The van der Waals surface area contributed by atoms with Gasteiger partial charge >= 0.3 is 0 Å². The Kier molecular flexibility index (Phi) is 10.5. The number of aliphatic hydroxyl groups is 1. The fourth-order valence-electron chi connectivity index (χ4n) is 10.9. The van der Waals surface area contributed by atoms with E-state index in [9.17, 15) is 20.0 Å². The van der Waals surface area contributed by atoms with Crippen molar-refractivity contribution >= 4 is 58.6 Å². The van der Waals surface area contributed by atoms with E-state index in [4.69, 9.17) is 9.47 Å². The highest BCUT2D eigenvalue weighted by Crippen LogP contribution is 2.60. The van der Waals surface area contributed by atoms with Gasteiger partial charge in [-0.2, -0.15) is 0 Å². The lowest BCUT2D eigenvalue weighted by atomic mass is 9.82. The van der Waals surface area contributed by atoms with Gasteiger partial charge in [0.15, 0.2) is 5.60 Å². The van der Waals surface area contributed by atoms with Crippen LogP contribution in [0.2, 0.25) is 18.6 Å². The first-order valence-corrected chi connectivity index (χ1v) is 25.0. The minimum atomic E-state index is -2.56. The Morgan fingerprint density at radius 3 is 2.40 bits per heavy atom. The van der Waals surface area contributed by atoms with Gasteiger partial charge in [-0.1, -0.05) is 109 Å². The standard InChI is InChI=1S/C51H48N6O7Si/c1-32-48(65(3,4)39-22-20-38(63-2)21-23-39)46(25-26-54-30-43(52-53-54)41(31-58)34-12-6-5-7-13-34)64-51(32)42-28-37(57(61)62)19-24-44(42)55(50(51)60)29-33-11-8-16-36(27-33)56-45-18-10-15-35-14-9-17-40(47(35)45)49(56)59/h5-24,27-28,30,32,41,46,48,58H,25-26,29,31H2,1-4H3/t32-,41?,46+,48-,51+/m1/s1. The summed E-state index contributed by atoms with van der Waals surface area (Å²) in [4.78, 5) is 45.0. The van der Waals surface area contributed by atoms with Gasteiger partial charge in [0.1, 0.15) is 5.75 Å². The molecule has 6 aromatic carbocycles. The van der Waals surface area contributed by atoms with Gasteiger partial charge in [-0.25, -0.2) is 0 Å². The zero-order valence-corrected chi connectivity index (χ0v) is 37.5. The SMILES string of the molecule is COc1ccc([Si](C)(C)[C@H]2[C@H](CCn3cc(C(CO)c4ccccc4)nn3)O[C@@]3(C(=O)N(Cc4cccc(N5C(=O)c6cccc7cccc5c67)c4)c4ccc([N+](=O)[O-])cc43)[C@@H]2C)cc1. The van der Waals surface area contributed by atoms with Crippen molar-refractivity contribution in [1.29, 1.82) is 0 Å². The summed E-state index contributed by atoms with van der Waals surface area (Å²) >= 11 is 0. The van der Waals surface area contributed by atoms with Crippen molar-refractivity contribution in [3.63, 3.8) is 0 Å². The van der Waals surface area contributed by atoms with Crippen molar-refractivity contribution < 1.29 is 29.1 Å². The van der Waals surface area contributed by atoms with Gasteiger partial charge in [-0.15, -0.1) is 5.10 Å². The average Bonchev–Trinajstić information content (AvgIpc) is 4.05. The van der Waals surface area contributed by atoms with E-state index in [1.807, 2.05) is 109 Å². The van der Waals surface area contributed by atoms with Gasteiger partial charge < -0.3 is 19.5 Å². The maximum absolute atomic E-state index is 15.6. The van der Waals surface area contributed by atoms with Gasteiger partial charge in [0, 0.05) is 47.4 Å². The zero-order valence-electron chi connectivity index (χ0n) is 36.5. The summed E-state index contributed by atoms with van der Waals surface area (Å²) in [6, 6.07) is 41.7. The number of carbonyl (C=O) groups excluding carboxylic acids is 2. The highest BCUT2D eigenvalue weighted by molar-refractivity contribution is 6.91. The molecule has 1 aromatic heterocycles. The van der Waals surface area contributed by atoms with Gasteiger partial charge in [-0.05, 0) is 70.9 Å². The van der Waals surface area contributed by atoms with Gasteiger partial charge in [-0.3, -0.25) is 29.3 Å². The van der Waals surface area contributed by atoms with Crippen molar-refractivity contribution in [2.45, 2.75) is 62.7 Å². The average molecular weight is 885 g/mol. The summed E-state index contributed by atoms with van der Waals surface area (Å²) in [5.41, 5.74) is 3.67. The molecule has 0 bridgehead atoms. The Bertz CT molecular complexity index is 2990. The summed E-state index contributed by atoms with van der Waals surface area (Å²) in [6.45, 7) is 7.06. The van der Waals surface area contributed by atoms with Crippen LogP contribution in [-0.2, 0) is 28.2 Å². The minimum absolute atomic E-state index is 0.122. The molecule has 328 valence electrons. The second kappa shape index (κ2) is 16.2. The van der Waals surface area contributed by atoms with Crippen LogP contribution < -0.4 is 19.7 Å². The first-order chi connectivity index (χ1) is 31.4. The molecule has 3 aliphatic rings. The Labute approximate surface area is 377 Å². The van der Waals surface area contributed by atoms with Gasteiger partial charge in [0.05, 0.1) is 67.9 Å². The summed E-state index contributed by atoms with van der Waals surface area (Å²) in [6.07, 6.45) is 1.86. The number of aromatic nitrogens is 3. The molecular weight excluding hydrogens is 837 g/mol. The number of nitro benzene ring substituents is 1. The predicted octanol–water partition coefficient (Wildman–Crippen LogP) is 8.62. The van der Waals surface area contributed by atoms with E-state index in [2.05, 4.69) is 42.5 Å². The number of nitro groups is 1. The topological polar surface area (TPSA) is 153 Å². The predicted molar refractivity (Wildman–Crippen MR) is 251 cm³/mol. The fraction of sp³-hybridized carbons (Fsp3) is 0.255. The Morgan fingerprint density at radius 1 is 0.908 bits per heavy atom. The molecule has 1 unspecified atom stereocenters. The molecule has 1 saturated heterocycles. The quantitative estimate of drug-likeness (QED) is 0.0682. The first-order valence-electron chi connectivity index (χ1n) is 21.9. The van der Waals surface area contributed by atoms with Crippen molar-refractivity contribution in [3.8, 4) is 5.75 Å². The van der Waals surface area contributed by atoms with E-state index >= 15 is 4.79 Å². The van der Waals surface area contributed by atoms with Crippen LogP contribution >= 0.6 is 0 Å². The molecule has 1 spiro atoms. The molecule has 0 radical (unpaired) electrons. The number of rotatable bonds is 13. The number of ether oxygens (including phenoxy) is 2. The number of anilines is 3. The first kappa shape index (κ1) is 42.0. The lowest BCUT2D eigenvalue weighted by Crippen LogP contribution is -2.51. The monoisotopic (exact) mass is 884 g/mol. The molecule has 13 nitrogen and oxygen atoms in total. The van der Waals surface area contributed by atoms with Crippen LogP contribution in [0.15, 0.2) is 140 Å². The number of hydrogen-bond donors (Lipinski definition) is 1. The summed E-state index contributed by atoms with van der Waals surface area (Å²) in [5, 5.41) is 34.8. The number of carbonyl (C=O) groups is 2. The number of aryl methyl sites for hydroxylation is 1. The lowest BCUT2D eigenvalue weighted by Gasteiger charge is -2.37. The van der Waals surface area contributed by atoms with Crippen molar-refractivity contribution in [1.82, 2.24) is 15.0 Å². The molecule has 2 amide bonds. The Morgan fingerprint density at radius 2 is 1.66 bits per heavy atom. The third-order valence-corrected chi connectivity index (χ3v) is 18.4. The molecule has 7 aromatic rings. The molecule has 4 heterocycles. The van der Waals surface area contributed by atoms with E-state index in [1.54, 1.807) is 27.7 Å². The smallest absolute Gasteiger partial charge is 0.269 e. The zero-order chi connectivity index (χ0) is 45.2. The van der Waals surface area contributed by atoms with Crippen LogP contribution in [0.3, 0.4) is 0 Å². The molecule has 5 atom stereocenters. The third-order valence-electron chi connectivity index (χ3n) is 14.0. The van der Waals surface area contributed by atoms with Gasteiger partial charge in [0.2, 0.25) is 0 Å². The number of methoxy groups -OCH3 is 1. The number of non-ortho nitro benzene ring substituents is 1. The van der Waals surface area contributed by atoms with E-state index in [0.717, 1.165) is 38.5 Å². The van der Waals surface area contributed by atoms with Gasteiger partial charge in [0.25, 0.3) is 17.5 Å². The van der Waals surface area contributed by atoms with E-state index in [0.29, 0.717) is 41.2 Å². The van der Waals surface area contributed by atoms with Crippen LogP contribution in [0.25, 0.3) is 10.8 Å². The van der Waals surface area contributed by atoms with Crippen molar-refractivity contribution in [3.05, 3.63) is 178 Å². The van der Waals surface area contributed by atoms with Crippen LogP contribution in [0, 0.1) is 16.0 Å². The number of nitrogens with zero attached hydrogens (tertiary/aromatic N) is 6. The second-order valence-corrected chi connectivity index (χ2v) is 22.5. The van der Waals surface area contributed by atoms with Crippen molar-refractivity contribution in [2.75, 3.05) is 23.5 Å². The normalized spacial score (nSPS) is 20.5. The number of aliphatic hydroxyl groups excluding tert-OH is 1. The Balaban J connectivity index is 1.02. The molecule has 0 aliphatic carbocycles.